The van der Waals surface area contributed by atoms with Gasteiger partial charge in [-0.25, -0.2) is 4.79 Å². The van der Waals surface area contributed by atoms with E-state index in [0.29, 0.717) is 35.9 Å². The van der Waals surface area contributed by atoms with Crippen molar-refractivity contribution in [3.63, 3.8) is 0 Å². The van der Waals surface area contributed by atoms with Crippen LogP contribution in [0.15, 0.2) is 28.9 Å². The van der Waals surface area contributed by atoms with Crippen LogP contribution >= 0.6 is 11.8 Å². The summed E-state index contributed by atoms with van der Waals surface area (Å²) in [5.41, 5.74) is 5.16. The molecule has 0 spiro atoms. The standard InChI is InChI=1S/C17H24N4O5S/c1-13(19-11-5-9-18)27-12-14(22)20-10-4-2-3-6-17(25)26-21-15(23)7-8-16(21)24/h5,9,11H,1-4,6-8,10,12,18H2,(H,20,22)/b9-5-,19-11-. The van der Waals surface area contributed by atoms with Gasteiger partial charge in [-0.2, -0.15) is 0 Å². The van der Waals surface area contributed by atoms with Crippen LogP contribution in [0.4, 0.5) is 0 Å². The lowest BCUT2D eigenvalue weighted by Crippen LogP contribution is -2.32. The van der Waals surface area contributed by atoms with Gasteiger partial charge in [0.2, 0.25) is 5.91 Å². The number of aliphatic imine (C=N–C) groups is 1. The van der Waals surface area contributed by atoms with Gasteiger partial charge in [-0.05, 0) is 25.1 Å². The van der Waals surface area contributed by atoms with Crippen LogP contribution < -0.4 is 11.1 Å². The molecule has 1 saturated heterocycles. The maximum absolute atomic E-state index is 11.7. The number of hydroxylamine groups is 2. The number of imide groups is 1. The van der Waals surface area contributed by atoms with Gasteiger partial charge in [0.25, 0.3) is 11.8 Å². The molecule has 0 aliphatic carbocycles. The number of unbranched alkanes of at least 4 members (excludes halogenated alkanes) is 2. The van der Waals surface area contributed by atoms with Crippen LogP contribution in [0.25, 0.3) is 0 Å². The summed E-state index contributed by atoms with van der Waals surface area (Å²) in [4.78, 5) is 54.7. The topological polar surface area (TPSA) is 131 Å². The lowest BCUT2D eigenvalue weighted by Gasteiger charge is -2.12. The van der Waals surface area contributed by atoms with E-state index in [9.17, 15) is 19.2 Å². The first-order valence-corrected chi connectivity index (χ1v) is 9.48. The number of carbonyl (C=O) groups excluding carboxylic acids is 4. The van der Waals surface area contributed by atoms with E-state index in [2.05, 4.69) is 16.9 Å². The summed E-state index contributed by atoms with van der Waals surface area (Å²) >= 11 is 1.22. The Morgan fingerprint density at radius 3 is 2.63 bits per heavy atom. The number of allylic oxidation sites excluding steroid dienone is 1. The Kier molecular flexibility index (Phi) is 10.5. The molecule has 0 aromatic rings. The fourth-order valence-electron chi connectivity index (χ4n) is 2.02. The van der Waals surface area contributed by atoms with Crippen LogP contribution in [0.2, 0.25) is 0 Å². The van der Waals surface area contributed by atoms with Crippen LogP contribution in [0.3, 0.4) is 0 Å². The van der Waals surface area contributed by atoms with Gasteiger partial charge in [0.05, 0.1) is 10.8 Å². The molecule has 0 aromatic carbocycles. The van der Waals surface area contributed by atoms with Gasteiger partial charge in [0.1, 0.15) is 0 Å². The van der Waals surface area contributed by atoms with Crippen molar-refractivity contribution in [2.75, 3.05) is 12.3 Å². The van der Waals surface area contributed by atoms with Crippen molar-refractivity contribution in [2.24, 2.45) is 10.7 Å². The van der Waals surface area contributed by atoms with Crippen molar-refractivity contribution in [1.29, 1.82) is 0 Å². The van der Waals surface area contributed by atoms with Gasteiger partial charge in [0.15, 0.2) is 0 Å². The third-order valence-electron chi connectivity index (χ3n) is 3.36. The van der Waals surface area contributed by atoms with E-state index in [0.717, 1.165) is 0 Å². The Hall–Kier alpha value is -2.62. The third kappa shape index (κ3) is 9.59. The minimum absolute atomic E-state index is 0.0779. The normalized spacial score (nSPS) is 14.3. The van der Waals surface area contributed by atoms with Gasteiger partial charge in [-0.1, -0.05) is 24.8 Å². The van der Waals surface area contributed by atoms with Crippen LogP contribution in [-0.2, 0) is 24.0 Å². The molecule has 27 heavy (non-hydrogen) atoms. The summed E-state index contributed by atoms with van der Waals surface area (Å²) in [6, 6.07) is 0. The van der Waals surface area contributed by atoms with Crippen molar-refractivity contribution in [3.05, 3.63) is 23.9 Å². The molecule has 9 nitrogen and oxygen atoms in total. The summed E-state index contributed by atoms with van der Waals surface area (Å²) in [6.45, 7) is 4.19. The number of nitrogens with zero attached hydrogens (tertiary/aromatic N) is 2. The third-order valence-corrected chi connectivity index (χ3v) is 4.21. The van der Waals surface area contributed by atoms with Crippen LogP contribution in [0.5, 0.6) is 0 Å². The van der Waals surface area contributed by atoms with Crippen molar-refractivity contribution in [2.45, 2.75) is 38.5 Å². The van der Waals surface area contributed by atoms with Gasteiger partial charge < -0.3 is 15.9 Å². The van der Waals surface area contributed by atoms with Crippen molar-refractivity contribution in [1.82, 2.24) is 10.4 Å². The molecule has 0 unspecified atom stereocenters. The number of thioether (sulfide) groups is 1. The van der Waals surface area contributed by atoms with E-state index < -0.39 is 17.8 Å². The van der Waals surface area contributed by atoms with Crippen LogP contribution in [0.1, 0.15) is 38.5 Å². The molecule has 0 saturated carbocycles. The van der Waals surface area contributed by atoms with E-state index in [1.165, 1.54) is 24.2 Å². The van der Waals surface area contributed by atoms with Crippen LogP contribution in [0, 0.1) is 0 Å². The zero-order valence-corrected chi connectivity index (χ0v) is 15.8. The summed E-state index contributed by atoms with van der Waals surface area (Å²) in [7, 11) is 0. The summed E-state index contributed by atoms with van der Waals surface area (Å²) in [5.74, 6) is -1.50. The minimum Gasteiger partial charge on any atom is -0.405 e. The van der Waals surface area contributed by atoms with E-state index in [-0.39, 0.29) is 30.9 Å². The average molecular weight is 396 g/mol. The molecule has 0 radical (unpaired) electrons. The van der Waals surface area contributed by atoms with Gasteiger partial charge >= 0.3 is 5.97 Å². The Balaban J connectivity index is 2.04. The molecule has 0 bridgehead atoms. The Labute approximate surface area is 162 Å². The van der Waals surface area contributed by atoms with E-state index in [4.69, 9.17) is 10.6 Å². The second-order valence-corrected chi connectivity index (χ2v) is 6.60. The van der Waals surface area contributed by atoms with Crippen molar-refractivity contribution < 1.29 is 24.0 Å². The first-order chi connectivity index (χ1) is 12.9. The van der Waals surface area contributed by atoms with E-state index in [1.807, 2.05) is 0 Å². The monoisotopic (exact) mass is 396 g/mol. The molecule has 0 aromatic heterocycles. The SMILES string of the molecule is C=C(/N=C\C=C/N)SCC(=O)NCCCCCC(=O)ON1C(=O)CCC1=O. The molecule has 1 aliphatic rings. The minimum atomic E-state index is -0.609. The Bertz CT molecular complexity index is 617. The van der Waals surface area contributed by atoms with E-state index in [1.54, 1.807) is 6.08 Å². The molecule has 3 N–H and O–H groups in total. The molecule has 3 amide bonds. The number of carbonyl (C=O) groups is 4. The maximum atomic E-state index is 11.7. The fourth-order valence-corrected chi connectivity index (χ4v) is 2.55. The largest absolute Gasteiger partial charge is 0.405 e. The number of amides is 3. The molecule has 1 fully saturated rings. The smallest absolute Gasteiger partial charge is 0.333 e. The molecular formula is C17H24N4O5S. The second-order valence-electron chi connectivity index (χ2n) is 5.55. The summed E-state index contributed by atoms with van der Waals surface area (Å²) in [6.07, 6.45) is 6.60. The highest BCUT2D eigenvalue weighted by molar-refractivity contribution is 8.03. The number of hydrogen-bond acceptors (Lipinski definition) is 8. The highest BCUT2D eigenvalue weighted by atomic mass is 32.2. The van der Waals surface area contributed by atoms with Crippen molar-refractivity contribution in [3.8, 4) is 0 Å². The maximum Gasteiger partial charge on any atom is 0.333 e. The molecule has 148 valence electrons. The molecule has 10 heteroatoms. The zero-order chi connectivity index (χ0) is 20.1. The van der Waals surface area contributed by atoms with Gasteiger partial charge in [-0.15, -0.1) is 5.06 Å². The lowest BCUT2D eigenvalue weighted by molar-refractivity contribution is -0.197. The van der Waals surface area contributed by atoms with E-state index >= 15 is 0 Å². The first kappa shape index (κ1) is 22.4. The first-order valence-electron chi connectivity index (χ1n) is 8.50. The van der Waals surface area contributed by atoms with Crippen molar-refractivity contribution >= 4 is 41.7 Å². The molecule has 1 rings (SSSR count). The predicted molar refractivity (Wildman–Crippen MR) is 102 cm³/mol. The Morgan fingerprint density at radius 1 is 1.26 bits per heavy atom. The van der Waals surface area contributed by atoms with Gasteiger partial charge in [0, 0.05) is 32.0 Å². The predicted octanol–water partition coefficient (Wildman–Crippen LogP) is 1.02. The highest BCUT2D eigenvalue weighted by Gasteiger charge is 2.32. The molecule has 1 aliphatic heterocycles. The number of nitrogens with one attached hydrogen (secondary N) is 1. The highest BCUT2D eigenvalue weighted by Crippen LogP contribution is 2.14. The zero-order valence-electron chi connectivity index (χ0n) is 15.0. The Morgan fingerprint density at radius 2 is 1.96 bits per heavy atom. The fraction of sp³-hybridized carbons (Fsp3) is 0.471. The summed E-state index contributed by atoms with van der Waals surface area (Å²) < 4.78 is 0. The quantitative estimate of drug-likeness (QED) is 0.286. The number of rotatable bonds is 12. The summed E-state index contributed by atoms with van der Waals surface area (Å²) in [5, 5.41) is 3.82. The molecule has 1 heterocycles. The lowest BCUT2D eigenvalue weighted by atomic mass is 10.2. The average Bonchev–Trinajstić information content (AvgIpc) is 2.95. The number of nitrogens with two attached hydrogens (primary N) is 1. The number of hydrogen-bond donors (Lipinski definition) is 2. The van der Waals surface area contributed by atoms with Crippen LogP contribution in [-0.4, -0.2) is 47.3 Å². The molecular weight excluding hydrogens is 372 g/mol. The van der Waals surface area contributed by atoms with Gasteiger partial charge in [-0.3, -0.25) is 19.4 Å². The molecule has 0 atom stereocenters. The second kappa shape index (κ2) is 12.7.